The number of carbonyl (C=O) groups is 2. The van der Waals surface area contributed by atoms with Gasteiger partial charge in [-0.2, -0.15) is 0 Å². The number of nitrogens with one attached hydrogen (secondary N) is 1. The highest BCUT2D eigenvalue weighted by molar-refractivity contribution is 6.36. The molecule has 1 aliphatic heterocycles. The topological polar surface area (TPSA) is 67.9 Å². The summed E-state index contributed by atoms with van der Waals surface area (Å²) in [6.07, 6.45) is 0. The van der Waals surface area contributed by atoms with Crippen molar-refractivity contribution in [1.29, 1.82) is 0 Å². The molecule has 0 unspecified atom stereocenters. The van der Waals surface area contributed by atoms with E-state index in [1.54, 1.807) is 37.4 Å². The highest BCUT2D eigenvalue weighted by Crippen LogP contribution is 2.34. The zero-order chi connectivity index (χ0) is 23.4. The molecule has 0 radical (unpaired) electrons. The number of amides is 2. The minimum Gasteiger partial charge on any atom is -0.495 e. The van der Waals surface area contributed by atoms with Crippen molar-refractivity contribution in [2.24, 2.45) is 0 Å². The number of benzene rings is 3. The molecule has 0 atom stereocenters. The fraction of sp³-hybridized carbons (Fsp3) is 0.185. The highest BCUT2D eigenvalue weighted by atomic mass is 16.5. The van der Waals surface area contributed by atoms with Crippen LogP contribution in [0.4, 0.5) is 5.69 Å². The van der Waals surface area contributed by atoms with Crippen LogP contribution in [0.5, 0.6) is 11.5 Å². The molecule has 0 saturated carbocycles. The molecule has 6 heteroatoms. The standard InChI is InChI=1S/C27H26N2O4/c1-4-33-21-15-13-20(14-16-21)24-25(28-22-7-5-6-8-23(22)32-3)27(31)29(26(24)30)17-19-11-9-18(2)10-12-19/h5-16,28H,4,17H2,1-3H3. The van der Waals surface area contributed by atoms with Gasteiger partial charge in [0.1, 0.15) is 17.2 Å². The van der Waals surface area contributed by atoms with Crippen molar-refractivity contribution in [2.45, 2.75) is 20.4 Å². The second-order valence-corrected chi connectivity index (χ2v) is 7.71. The molecule has 0 spiro atoms. The third-order valence-corrected chi connectivity index (χ3v) is 5.45. The van der Waals surface area contributed by atoms with Crippen LogP contribution in [-0.4, -0.2) is 30.4 Å². The number of para-hydroxylation sites is 2. The van der Waals surface area contributed by atoms with E-state index >= 15 is 0 Å². The first kappa shape index (κ1) is 22.1. The van der Waals surface area contributed by atoms with Crippen molar-refractivity contribution < 1.29 is 19.1 Å². The number of hydrogen-bond acceptors (Lipinski definition) is 5. The summed E-state index contributed by atoms with van der Waals surface area (Å²) in [7, 11) is 1.56. The molecular weight excluding hydrogens is 416 g/mol. The minimum atomic E-state index is -0.379. The maximum atomic E-state index is 13.5. The molecule has 3 aromatic carbocycles. The SMILES string of the molecule is CCOc1ccc(C2=C(Nc3ccccc3OC)C(=O)N(Cc3ccc(C)cc3)C2=O)cc1. The van der Waals surface area contributed by atoms with E-state index in [1.165, 1.54) is 4.90 Å². The van der Waals surface area contributed by atoms with Crippen LogP contribution in [0, 0.1) is 6.92 Å². The van der Waals surface area contributed by atoms with Crippen molar-refractivity contribution in [3.63, 3.8) is 0 Å². The van der Waals surface area contributed by atoms with Gasteiger partial charge in [-0.3, -0.25) is 14.5 Å². The maximum Gasteiger partial charge on any atom is 0.278 e. The monoisotopic (exact) mass is 442 g/mol. The van der Waals surface area contributed by atoms with E-state index < -0.39 is 0 Å². The molecule has 4 rings (SSSR count). The molecule has 33 heavy (non-hydrogen) atoms. The second kappa shape index (κ2) is 9.61. The Kier molecular flexibility index (Phi) is 6.45. The second-order valence-electron chi connectivity index (χ2n) is 7.71. The van der Waals surface area contributed by atoms with Crippen LogP contribution in [-0.2, 0) is 16.1 Å². The van der Waals surface area contributed by atoms with Gasteiger partial charge in [-0.05, 0) is 49.2 Å². The highest BCUT2D eigenvalue weighted by Gasteiger charge is 2.39. The van der Waals surface area contributed by atoms with E-state index in [0.717, 1.165) is 11.1 Å². The Bertz CT molecular complexity index is 1200. The summed E-state index contributed by atoms with van der Waals surface area (Å²) in [6, 6.07) is 22.3. The first-order valence-corrected chi connectivity index (χ1v) is 10.8. The van der Waals surface area contributed by atoms with Gasteiger partial charge in [-0.1, -0.05) is 54.1 Å². The fourth-order valence-electron chi connectivity index (χ4n) is 3.75. The lowest BCUT2D eigenvalue weighted by molar-refractivity contribution is -0.137. The molecule has 1 N–H and O–H groups in total. The Labute approximate surface area is 193 Å². The lowest BCUT2D eigenvalue weighted by Crippen LogP contribution is -2.32. The van der Waals surface area contributed by atoms with Crippen LogP contribution in [0.25, 0.3) is 5.57 Å². The van der Waals surface area contributed by atoms with Gasteiger partial charge in [0.05, 0.1) is 31.5 Å². The van der Waals surface area contributed by atoms with Gasteiger partial charge in [-0.25, -0.2) is 0 Å². The first-order valence-electron chi connectivity index (χ1n) is 10.8. The molecule has 0 aliphatic carbocycles. The Morgan fingerprint density at radius 3 is 2.24 bits per heavy atom. The van der Waals surface area contributed by atoms with Crippen molar-refractivity contribution in [2.75, 3.05) is 19.0 Å². The third kappa shape index (κ3) is 4.60. The summed E-state index contributed by atoms with van der Waals surface area (Å²) >= 11 is 0. The zero-order valence-electron chi connectivity index (χ0n) is 18.9. The van der Waals surface area contributed by atoms with Crippen LogP contribution in [0.3, 0.4) is 0 Å². The lowest BCUT2D eigenvalue weighted by Gasteiger charge is -2.16. The van der Waals surface area contributed by atoms with Gasteiger partial charge in [0.15, 0.2) is 0 Å². The Hall–Kier alpha value is -4.06. The van der Waals surface area contributed by atoms with E-state index in [9.17, 15) is 9.59 Å². The first-order chi connectivity index (χ1) is 16.0. The summed E-state index contributed by atoms with van der Waals surface area (Å²) in [4.78, 5) is 28.2. The smallest absolute Gasteiger partial charge is 0.278 e. The largest absolute Gasteiger partial charge is 0.495 e. The van der Waals surface area contributed by atoms with Crippen LogP contribution in [0.15, 0.2) is 78.5 Å². The number of imide groups is 1. The molecule has 0 saturated heterocycles. The van der Waals surface area contributed by atoms with Gasteiger partial charge in [-0.15, -0.1) is 0 Å². The van der Waals surface area contributed by atoms with E-state index in [0.29, 0.717) is 34.9 Å². The quantitative estimate of drug-likeness (QED) is 0.508. The molecular formula is C27H26N2O4. The number of hydrogen-bond donors (Lipinski definition) is 1. The number of methoxy groups -OCH3 is 1. The number of carbonyl (C=O) groups excluding carboxylic acids is 2. The average Bonchev–Trinajstić information content (AvgIpc) is 3.06. The summed E-state index contributed by atoms with van der Waals surface area (Å²) in [5, 5.41) is 3.17. The molecule has 1 aliphatic rings. The number of nitrogens with zero attached hydrogens (tertiary/aromatic N) is 1. The van der Waals surface area contributed by atoms with Crippen molar-refractivity contribution in [1.82, 2.24) is 4.90 Å². The number of rotatable bonds is 8. The predicted molar refractivity (Wildman–Crippen MR) is 128 cm³/mol. The van der Waals surface area contributed by atoms with Gasteiger partial charge in [0, 0.05) is 0 Å². The lowest BCUT2D eigenvalue weighted by atomic mass is 10.0. The van der Waals surface area contributed by atoms with Gasteiger partial charge < -0.3 is 14.8 Å². The van der Waals surface area contributed by atoms with Crippen LogP contribution in [0.2, 0.25) is 0 Å². The van der Waals surface area contributed by atoms with Gasteiger partial charge >= 0.3 is 0 Å². The number of ether oxygens (including phenoxy) is 2. The molecule has 1 heterocycles. The zero-order valence-corrected chi connectivity index (χ0v) is 18.9. The van der Waals surface area contributed by atoms with E-state index in [-0.39, 0.29) is 24.1 Å². The van der Waals surface area contributed by atoms with Crippen molar-refractivity contribution in [3.05, 3.63) is 95.2 Å². The van der Waals surface area contributed by atoms with Crippen molar-refractivity contribution in [3.8, 4) is 11.5 Å². The molecule has 2 amide bonds. The molecule has 0 fully saturated rings. The Morgan fingerprint density at radius 2 is 1.58 bits per heavy atom. The number of aryl methyl sites for hydroxylation is 1. The Morgan fingerprint density at radius 1 is 0.879 bits per heavy atom. The molecule has 168 valence electrons. The number of anilines is 1. The normalized spacial score (nSPS) is 13.5. The van der Waals surface area contributed by atoms with E-state index in [1.807, 2.05) is 56.3 Å². The summed E-state index contributed by atoms with van der Waals surface area (Å²) < 4.78 is 10.9. The minimum absolute atomic E-state index is 0.190. The predicted octanol–water partition coefficient (Wildman–Crippen LogP) is 4.79. The van der Waals surface area contributed by atoms with Crippen LogP contribution in [0.1, 0.15) is 23.6 Å². The molecule has 6 nitrogen and oxygen atoms in total. The van der Waals surface area contributed by atoms with Crippen LogP contribution >= 0.6 is 0 Å². The van der Waals surface area contributed by atoms with E-state index in [4.69, 9.17) is 9.47 Å². The van der Waals surface area contributed by atoms with Gasteiger partial charge in [0.2, 0.25) is 0 Å². The van der Waals surface area contributed by atoms with E-state index in [2.05, 4.69) is 5.32 Å². The maximum absolute atomic E-state index is 13.5. The fourth-order valence-corrected chi connectivity index (χ4v) is 3.75. The molecule has 0 bridgehead atoms. The molecule has 3 aromatic rings. The summed E-state index contributed by atoms with van der Waals surface area (Å²) in [5.74, 6) is 0.556. The third-order valence-electron chi connectivity index (χ3n) is 5.45. The molecule has 0 aromatic heterocycles. The average molecular weight is 443 g/mol. The van der Waals surface area contributed by atoms with Crippen LogP contribution < -0.4 is 14.8 Å². The van der Waals surface area contributed by atoms with Crippen molar-refractivity contribution >= 4 is 23.1 Å². The van der Waals surface area contributed by atoms with Gasteiger partial charge in [0.25, 0.3) is 11.8 Å². The Balaban J connectivity index is 1.74. The summed E-state index contributed by atoms with van der Waals surface area (Å²) in [5.41, 5.74) is 3.79. The summed E-state index contributed by atoms with van der Waals surface area (Å²) in [6.45, 7) is 4.64.